The number of hydrogen-bond acceptors (Lipinski definition) is 1. The predicted molar refractivity (Wildman–Crippen MR) is 38.7 cm³/mol. The summed E-state index contributed by atoms with van der Waals surface area (Å²) in [5, 5.41) is 0. The number of rotatable bonds is 0. The van der Waals surface area contributed by atoms with Crippen LogP contribution in [0.2, 0.25) is 0 Å². The fraction of sp³-hybridized carbons (Fsp3) is 1.00. The molecule has 2 atom stereocenters. The van der Waals surface area contributed by atoms with Crippen LogP contribution >= 0.6 is 0 Å². The molecule has 4 saturated carbocycles. The van der Waals surface area contributed by atoms with Gasteiger partial charge in [-0.3, -0.25) is 4.90 Å². The lowest BCUT2D eigenvalue weighted by Gasteiger charge is -2.65. The highest BCUT2D eigenvalue weighted by molar-refractivity contribution is 5.35. The Morgan fingerprint density at radius 3 is 2.30 bits per heavy atom. The summed E-state index contributed by atoms with van der Waals surface area (Å²) in [7, 11) is 2.35. The third kappa shape index (κ3) is 0.209. The summed E-state index contributed by atoms with van der Waals surface area (Å²) in [6, 6.07) is 1.03. The number of hydrogen-bond donors (Lipinski definition) is 0. The molecule has 2 aliphatic heterocycles. The van der Waals surface area contributed by atoms with E-state index in [1.54, 1.807) is 25.7 Å². The molecular weight excluding hydrogens is 122 g/mol. The van der Waals surface area contributed by atoms with Gasteiger partial charge in [-0.2, -0.15) is 0 Å². The van der Waals surface area contributed by atoms with E-state index in [2.05, 4.69) is 11.9 Å². The topological polar surface area (TPSA) is 3.24 Å². The summed E-state index contributed by atoms with van der Waals surface area (Å²) in [6.45, 7) is 0. The van der Waals surface area contributed by atoms with Crippen molar-refractivity contribution < 1.29 is 0 Å². The quantitative estimate of drug-likeness (QED) is 0.483. The first-order valence-corrected chi connectivity index (χ1v) is 4.50. The van der Waals surface area contributed by atoms with E-state index in [0.717, 1.165) is 22.9 Å². The molecule has 10 heavy (non-hydrogen) atoms. The smallest absolute Gasteiger partial charge is 0.0259 e. The van der Waals surface area contributed by atoms with Gasteiger partial charge in [-0.05, 0) is 44.1 Å². The van der Waals surface area contributed by atoms with Crippen molar-refractivity contribution in [1.82, 2.24) is 4.90 Å². The largest absolute Gasteiger partial charge is 0.297 e. The molecule has 4 aliphatic carbocycles. The zero-order valence-electron chi connectivity index (χ0n) is 6.43. The van der Waals surface area contributed by atoms with Gasteiger partial charge in [0.05, 0.1) is 0 Å². The van der Waals surface area contributed by atoms with Crippen molar-refractivity contribution in [2.75, 3.05) is 7.05 Å². The summed E-state index contributed by atoms with van der Waals surface area (Å²) in [5.41, 5.74) is 1.64. The van der Waals surface area contributed by atoms with E-state index in [0.29, 0.717) is 0 Å². The van der Waals surface area contributed by atoms with Crippen LogP contribution in [0.15, 0.2) is 0 Å². The van der Waals surface area contributed by atoms with Crippen molar-refractivity contribution in [2.45, 2.75) is 37.3 Å². The SMILES string of the molecule is CN1[C@H]2C[C@@]13CC21CC3C1. The summed E-state index contributed by atoms with van der Waals surface area (Å²) < 4.78 is 0. The highest BCUT2D eigenvalue weighted by Gasteiger charge is 2.82. The second-order valence-corrected chi connectivity index (χ2v) is 5.08. The third-order valence-electron chi connectivity index (χ3n) is 5.15. The van der Waals surface area contributed by atoms with Crippen molar-refractivity contribution in [2.24, 2.45) is 11.3 Å². The van der Waals surface area contributed by atoms with Crippen LogP contribution in [0, 0.1) is 11.3 Å². The number of nitrogens with zero attached hydrogens (tertiary/aromatic N) is 1. The van der Waals surface area contributed by atoms with Gasteiger partial charge in [-0.1, -0.05) is 0 Å². The van der Waals surface area contributed by atoms with Gasteiger partial charge in [0.15, 0.2) is 0 Å². The molecule has 0 aromatic carbocycles. The molecule has 2 spiro atoms. The lowest BCUT2D eigenvalue weighted by atomic mass is 9.54. The van der Waals surface area contributed by atoms with E-state index in [-0.39, 0.29) is 0 Å². The molecule has 1 heteroatoms. The van der Waals surface area contributed by atoms with E-state index in [1.165, 1.54) is 0 Å². The van der Waals surface area contributed by atoms with Gasteiger partial charge < -0.3 is 0 Å². The van der Waals surface area contributed by atoms with Crippen LogP contribution in [0.3, 0.4) is 0 Å². The lowest BCUT2D eigenvalue weighted by molar-refractivity contribution is -0.154. The Kier molecular flexibility index (Phi) is 0.434. The Bertz CT molecular complexity index is 225. The molecule has 1 nitrogen and oxygen atoms in total. The summed E-state index contributed by atoms with van der Waals surface area (Å²) in [4.78, 5) is 2.69. The Labute approximate surface area is 61.4 Å². The summed E-state index contributed by atoms with van der Waals surface area (Å²) >= 11 is 0. The molecule has 4 bridgehead atoms. The van der Waals surface area contributed by atoms with Gasteiger partial charge in [-0.15, -0.1) is 0 Å². The molecule has 0 N–H and O–H groups in total. The Morgan fingerprint density at radius 2 is 2.10 bits per heavy atom. The first-order chi connectivity index (χ1) is 4.77. The minimum Gasteiger partial charge on any atom is -0.297 e. The maximum absolute atomic E-state index is 2.69. The molecular formula is C9H13N. The average Bonchev–Trinajstić information content (AvgIpc) is 2.46. The van der Waals surface area contributed by atoms with Gasteiger partial charge in [-0.25, -0.2) is 0 Å². The predicted octanol–water partition coefficient (Wildman–Crippen LogP) is 1.24. The molecule has 2 saturated heterocycles. The Balaban J connectivity index is 2.01. The normalized spacial score (nSPS) is 75.3. The van der Waals surface area contributed by atoms with E-state index in [1.807, 2.05) is 0 Å². The zero-order chi connectivity index (χ0) is 6.56. The van der Waals surface area contributed by atoms with Crippen molar-refractivity contribution in [3.05, 3.63) is 0 Å². The average molecular weight is 135 g/mol. The first-order valence-electron chi connectivity index (χ1n) is 4.50. The summed E-state index contributed by atoms with van der Waals surface area (Å²) in [6.07, 6.45) is 6.34. The molecule has 54 valence electrons. The monoisotopic (exact) mass is 135 g/mol. The highest BCUT2D eigenvalue weighted by Crippen LogP contribution is 2.81. The Morgan fingerprint density at radius 1 is 1.30 bits per heavy atom. The standard InChI is InChI=1S/C9H13N/c1-10-7-4-9(10)5-8(7)2-6(9)3-8/h6-7H,2-5H2,1H3/t6?,7-,8?,9-/m0/s1. The van der Waals surface area contributed by atoms with Crippen LogP contribution in [0.25, 0.3) is 0 Å². The second-order valence-electron chi connectivity index (χ2n) is 5.08. The zero-order valence-corrected chi connectivity index (χ0v) is 6.43. The third-order valence-corrected chi connectivity index (χ3v) is 5.15. The molecule has 6 fully saturated rings. The van der Waals surface area contributed by atoms with Crippen molar-refractivity contribution in [1.29, 1.82) is 0 Å². The first kappa shape index (κ1) is 4.76. The fourth-order valence-electron chi connectivity index (χ4n) is 4.68. The minimum atomic E-state index is 0.769. The van der Waals surface area contributed by atoms with Crippen molar-refractivity contribution in [3.63, 3.8) is 0 Å². The van der Waals surface area contributed by atoms with Gasteiger partial charge in [0.1, 0.15) is 0 Å². The van der Waals surface area contributed by atoms with Crippen LogP contribution in [0.4, 0.5) is 0 Å². The molecule has 6 aliphatic rings. The van der Waals surface area contributed by atoms with Crippen LogP contribution in [-0.4, -0.2) is 23.5 Å². The van der Waals surface area contributed by atoms with Crippen molar-refractivity contribution in [3.8, 4) is 0 Å². The van der Waals surface area contributed by atoms with Crippen LogP contribution in [-0.2, 0) is 0 Å². The van der Waals surface area contributed by atoms with Gasteiger partial charge in [0.2, 0.25) is 0 Å². The molecule has 2 heterocycles. The van der Waals surface area contributed by atoms with E-state index in [4.69, 9.17) is 0 Å². The molecule has 0 radical (unpaired) electrons. The maximum atomic E-state index is 2.69. The van der Waals surface area contributed by atoms with Crippen LogP contribution in [0.5, 0.6) is 0 Å². The molecule has 0 aromatic heterocycles. The summed E-state index contributed by atoms with van der Waals surface area (Å²) in [5.74, 6) is 1.13. The second kappa shape index (κ2) is 0.911. The van der Waals surface area contributed by atoms with Gasteiger partial charge in [0.25, 0.3) is 0 Å². The van der Waals surface area contributed by atoms with E-state index < -0.39 is 0 Å². The van der Waals surface area contributed by atoms with E-state index >= 15 is 0 Å². The molecule has 6 rings (SSSR count). The molecule has 0 unspecified atom stereocenters. The lowest BCUT2D eigenvalue weighted by Crippen LogP contribution is -2.70. The van der Waals surface area contributed by atoms with Crippen molar-refractivity contribution >= 4 is 0 Å². The minimum absolute atomic E-state index is 0.769. The van der Waals surface area contributed by atoms with Gasteiger partial charge >= 0.3 is 0 Å². The Hall–Kier alpha value is -0.0400. The fourth-order valence-corrected chi connectivity index (χ4v) is 4.68. The van der Waals surface area contributed by atoms with Crippen LogP contribution in [0.1, 0.15) is 25.7 Å². The number of piperidine rings is 2. The van der Waals surface area contributed by atoms with E-state index in [9.17, 15) is 0 Å². The molecule has 0 amide bonds. The van der Waals surface area contributed by atoms with Gasteiger partial charge in [0, 0.05) is 11.6 Å². The van der Waals surface area contributed by atoms with Crippen LogP contribution < -0.4 is 0 Å². The molecule has 0 aromatic rings. The highest BCUT2D eigenvalue weighted by atomic mass is 15.4. The maximum Gasteiger partial charge on any atom is 0.0259 e.